The second kappa shape index (κ2) is 40.4. The molecule has 1 radical (unpaired) electrons. The van der Waals surface area contributed by atoms with Gasteiger partial charge in [-0.25, -0.2) is 0 Å². The lowest BCUT2D eigenvalue weighted by atomic mass is 9.95. The van der Waals surface area contributed by atoms with E-state index in [0.29, 0.717) is 6.61 Å². The lowest BCUT2D eigenvalue weighted by molar-refractivity contribution is -0.400. The molecule has 9 aromatic carbocycles. The van der Waals surface area contributed by atoms with E-state index in [1.807, 2.05) is 273 Å². The largest absolute Gasteiger partial charge is 0.526 e. The van der Waals surface area contributed by atoms with E-state index in [2.05, 4.69) is 20.3 Å². The van der Waals surface area contributed by atoms with Crippen LogP contribution in [-0.2, 0) is 139 Å². The summed E-state index contributed by atoms with van der Waals surface area (Å²) in [4.78, 5) is 14.0. The van der Waals surface area contributed by atoms with E-state index < -0.39 is 110 Å². The Morgan fingerprint density at radius 1 is 0.294 bits per heavy atom. The quantitative estimate of drug-likeness (QED) is 0.0205. The van der Waals surface area contributed by atoms with Crippen LogP contribution in [-0.4, -0.2) is 130 Å². The first-order valence-corrected chi connectivity index (χ1v) is 39.3. The van der Waals surface area contributed by atoms with Crippen molar-refractivity contribution in [3.63, 3.8) is 0 Å². The van der Waals surface area contributed by atoms with Crippen LogP contribution < -0.4 is 0 Å². The van der Waals surface area contributed by atoms with E-state index in [0.717, 1.165) is 50.1 Å². The fourth-order valence-electron chi connectivity index (χ4n) is 12.7. The highest BCUT2D eigenvalue weighted by atomic mass is 127. The van der Waals surface area contributed by atoms with E-state index in [9.17, 15) is 4.79 Å². The first kappa shape index (κ1) is 74.8. The predicted octanol–water partition coefficient (Wildman–Crippen LogP) is 14.0. The third-order valence-corrected chi connectivity index (χ3v) is 19.0. The number of esters is 1. The average Bonchev–Trinajstić information content (AvgIpc) is 0.763. The molecule has 3 fully saturated rings. The third kappa shape index (κ3) is 22.3. The molecule has 0 aliphatic carbocycles. The summed E-state index contributed by atoms with van der Waals surface area (Å²) in [6.45, 7) is 3.00. The molecule has 0 aromatic heterocycles. The van der Waals surface area contributed by atoms with Gasteiger partial charge in [-0.1, -0.05) is 273 Å². The molecule has 531 valence electrons. The van der Waals surface area contributed by atoms with Gasteiger partial charge in [0.25, 0.3) is 0 Å². The summed E-state index contributed by atoms with van der Waals surface area (Å²) in [5.74, 6) is -0.627. The minimum absolute atomic E-state index is 0.00461. The van der Waals surface area contributed by atoms with Crippen LogP contribution in [0.1, 0.15) is 57.0 Å². The number of benzene rings is 9. The molecule has 6 unspecified atom stereocenters. The molecule has 0 amide bonds. The van der Waals surface area contributed by atoms with Gasteiger partial charge < -0.3 is 74.8 Å². The predicted molar refractivity (Wildman–Crippen MR) is 391 cm³/mol. The van der Waals surface area contributed by atoms with E-state index in [1.54, 1.807) is 0 Å². The van der Waals surface area contributed by atoms with E-state index in [-0.39, 0.29) is 72.7 Å². The van der Waals surface area contributed by atoms with Gasteiger partial charge in [-0.15, -0.1) is 0 Å². The minimum atomic E-state index is -1.48. The second-order valence-electron chi connectivity index (χ2n) is 25.2. The van der Waals surface area contributed by atoms with Gasteiger partial charge >= 0.3 is 18.2 Å². The van der Waals surface area contributed by atoms with Crippen LogP contribution in [0.4, 0.5) is 0 Å². The summed E-state index contributed by atoms with van der Waals surface area (Å²) >= 11 is 1.52. The van der Waals surface area contributed by atoms with Crippen molar-refractivity contribution in [2.24, 2.45) is 0 Å². The summed E-state index contributed by atoms with van der Waals surface area (Å²) in [6.07, 6.45) is -16.3. The molecule has 3 aliphatic rings. The molecule has 0 N–H and O–H groups in total. The Labute approximate surface area is 615 Å². The number of ether oxygens (including phenoxy) is 15. The van der Waals surface area contributed by atoms with Crippen molar-refractivity contribution in [3.8, 4) is 0 Å². The van der Waals surface area contributed by atoms with Crippen LogP contribution in [0.2, 0.25) is 0 Å². The maximum atomic E-state index is 14.0. The minimum Gasteiger partial charge on any atom is -0.474 e. The molecule has 9 aromatic rings. The molecule has 0 saturated carbocycles. The summed E-state index contributed by atoms with van der Waals surface area (Å²) in [5.41, 5.74) is 8.24. The Balaban J connectivity index is 0.991. The van der Waals surface area contributed by atoms with Gasteiger partial charge in [-0.2, -0.15) is 20.3 Å². The molecule has 3 aliphatic heterocycles. The Morgan fingerprint density at radius 3 is 0.765 bits per heavy atom. The molecular weight excluding hydrogens is 1420 g/mol. The van der Waals surface area contributed by atoms with Gasteiger partial charge in [0.2, 0.25) is 0 Å². The van der Waals surface area contributed by atoms with Crippen LogP contribution in [0.15, 0.2) is 273 Å². The molecule has 0 spiro atoms. The lowest BCUT2D eigenvalue weighted by Crippen LogP contribution is -2.68. The molecule has 17 nitrogen and oxygen atoms in total. The molecule has 19 heteroatoms. The smallest absolute Gasteiger partial charge is 0.474 e. The van der Waals surface area contributed by atoms with Crippen LogP contribution in [0.5, 0.6) is 0 Å². The fourth-order valence-corrected chi connectivity index (χ4v) is 13.9. The summed E-state index contributed by atoms with van der Waals surface area (Å²) < 4.78 is 114. The highest BCUT2D eigenvalue weighted by molar-refractivity contribution is 14.1. The van der Waals surface area contributed by atoms with E-state index in [4.69, 9.17) is 74.8 Å². The van der Waals surface area contributed by atoms with Crippen molar-refractivity contribution >= 4 is 38.5 Å². The van der Waals surface area contributed by atoms with Crippen molar-refractivity contribution in [1.29, 1.82) is 0 Å². The van der Waals surface area contributed by atoms with Gasteiger partial charge in [-0.3, -0.25) is 4.79 Å². The molecule has 102 heavy (non-hydrogen) atoms. The normalized spacial score (nSPS) is 24.9. The first-order valence-electron chi connectivity index (χ1n) is 34.7. The topological polar surface area (TPSA) is 165 Å². The van der Waals surface area contributed by atoms with Crippen LogP contribution in [0.25, 0.3) is 0 Å². The maximum absolute atomic E-state index is 14.0. The van der Waals surface area contributed by atoms with Crippen molar-refractivity contribution < 1.29 is 79.6 Å². The summed E-state index contributed by atoms with van der Waals surface area (Å²) in [6, 6.07) is 89.0. The molecule has 15 atom stereocenters. The zero-order valence-electron chi connectivity index (χ0n) is 57.0. The van der Waals surface area contributed by atoms with Gasteiger partial charge in [0.05, 0.1) is 79.3 Å². The Bertz CT molecular complexity index is 3780. The zero-order chi connectivity index (χ0) is 69.8. The Kier molecular flexibility index (Phi) is 29.6. The van der Waals surface area contributed by atoms with Gasteiger partial charge in [-0.05, 0) is 50.1 Å². The molecule has 12 rings (SSSR count). The number of halogens is 1. The highest BCUT2D eigenvalue weighted by Gasteiger charge is 2.58. The number of hydrogen-bond donors (Lipinski definition) is 0. The molecule has 3 heterocycles. The maximum Gasteiger partial charge on any atom is 0.526 e. The Hall–Kier alpha value is -6.89. The fraction of sp³-hybridized carbons (Fsp3) is 0.337. The van der Waals surface area contributed by atoms with Crippen molar-refractivity contribution in [2.45, 2.75) is 159 Å². The van der Waals surface area contributed by atoms with Crippen LogP contribution in [0, 0.1) is 0 Å². The average molecular weight is 1510 g/mol. The Morgan fingerprint density at radius 2 is 0.510 bits per heavy atom. The second-order valence-corrected chi connectivity index (χ2v) is 27.2. The molecule has 0 bridgehead atoms. The van der Waals surface area contributed by atoms with Crippen molar-refractivity contribution in [1.82, 2.24) is 0 Å². The summed E-state index contributed by atoms with van der Waals surface area (Å²) in [5, 5.41) is 0. The highest BCUT2D eigenvalue weighted by Crippen LogP contribution is 2.40. The van der Waals surface area contributed by atoms with Gasteiger partial charge in [0.1, 0.15) is 67.1 Å². The monoisotopic (exact) mass is 1510 g/mol. The van der Waals surface area contributed by atoms with Crippen LogP contribution >= 0.6 is 20.3 Å². The first-order chi connectivity index (χ1) is 50.4. The zero-order valence-corrected chi connectivity index (χ0v) is 60.3. The van der Waals surface area contributed by atoms with E-state index >= 15 is 0 Å². The lowest BCUT2D eigenvalue weighted by Gasteiger charge is -2.52. The standard InChI is InChI=1S/C83H87O17.Al.HI/c1-59(84)95-79-76(93-54-67-43-25-9-26-44-67)73(90-51-64-37-19-6-20-38-64)70(57-87-48-61-31-13-3-14-32-61)97-82(79)100-80-77(94-55-68-45-27-10-28-46-68)74(91-52-65-39-21-7-22-40-65)71(58-88-49-62-33-15-4-16-34-62)98-83(80)99-78-75(92-53-66-41-23-8-24-42-66)72(89-50-63-35-17-5-18-36-63)69(96-81(78)85)56-86-47-60-29-11-2-12-30-60;;/h2-46,69-83H,47-58H2,1H3;;1H/q-1;+2;/p-1/t69?,70?,71?,72-,73-,74-,75-,76-,77-,78?,79?,80?,81+,82-,83-;;/m0../s1. The summed E-state index contributed by atoms with van der Waals surface area (Å²) in [7, 11) is 0. The molecule has 3 saturated heterocycles. The number of rotatable bonds is 37. The molecular formula is C83H87AlIO17. The number of carbonyl (C=O) groups excluding carboxylic acids is 1. The number of carbonyl (C=O) groups is 1. The SMILES string of the molecule is CC(=O)OC1[C@H](OC2[C@H](OC3[C@H]([O][Al][I])OC(COCc4ccccc4)[C@H](OCc4ccccc4)[C@@H]3OCc3ccccc3)OC(COCc3ccccc3)[C@H](OCc3ccccc3)[C@@H]2OCc2ccccc2)OC(COCc2ccccc2)[C@H](OCc2ccccc2)[C@@H]1OCc1ccccc1. The van der Waals surface area contributed by atoms with Gasteiger partial charge in [0.15, 0.2) is 25.0 Å². The number of hydrogen-bond acceptors (Lipinski definition) is 17. The van der Waals surface area contributed by atoms with Crippen molar-refractivity contribution in [2.75, 3.05) is 19.8 Å². The van der Waals surface area contributed by atoms with Gasteiger partial charge in [0, 0.05) is 6.92 Å². The third-order valence-electron chi connectivity index (χ3n) is 17.7. The van der Waals surface area contributed by atoms with E-state index in [1.165, 1.54) is 6.92 Å². The van der Waals surface area contributed by atoms with Crippen LogP contribution in [0.3, 0.4) is 0 Å². The van der Waals surface area contributed by atoms with Crippen molar-refractivity contribution in [3.05, 3.63) is 323 Å².